The lowest BCUT2D eigenvalue weighted by atomic mass is 10.3. The van der Waals surface area contributed by atoms with Crippen molar-refractivity contribution in [2.24, 2.45) is 0 Å². The Balaban J connectivity index is 1.49. The van der Waals surface area contributed by atoms with E-state index in [1.807, 2.05) is 41.5 Å². The molecule has 0 N–H and O–H groups in total. The van der Waals surface area contributed by atoms with Crippen molar-refractivity contribution in [2.75, 3.05) is 13.1 Å². The molecule has 0 radical (unpaired) electrons. The van der Waals surface area contributed by atoms with Gasteiger partial charge in [0.05, 0.1) is 11.9 Å². The van der Waals surface area contributed by atoms with Crippen molar-refractivity contribution in [1.29, 1.82) is 0 Å². The largest absolute Gasteiger partial charge is 0.302 e. The van der Waals surface area contributed by atoms with Crippen molar-refractivity contribution >= 4 is 0 Å². The Morgan fingerprint density at radius 2 is 1.83 bits per heavy atom. The lowest BCUT2D eigenvalue weighted by molar-refractivity contribution is 0.327. The molecular weight excluding hydrogens is 288 g/mol. The summed E-state index contributed by atoms with van der Waals surface area (Å²) in [5, 5.41) is 8.55. The van der Waals surface area contributed by atoms with E-state index in [2.05, 4.69) is 36.9 Å². The van der Waals surface area contributed by atoms with Gasteiger partial charge in [-0.15, -0.1) is 5.10 Å². The second kappa shape index (κ2) is 6.34. The molecule has 0 saturated carbocycles. The summed E-state index contributed by atoms with van der Waals surface area (Å²) in [5.74, 6) is 0.953. The van der Waals surface area contributed by atoms with E-state index in [-0.39, 0.29) is 0 Å². The highest BCUT2D eigenvalue weighted by Crippen LogP contribution is 2.13. The van der Waals surface area contributed by atoms with E-state index < -0.39 is 0 Å². The molecule has 0 bridgehead atoms. The standard InChI is InChI=1S/C17H20N6/c1-2-6-16(7-3-1)23-11-8-18-17(23)14-22-13-15(19-20-22)12-21-9-4-5-10-21/h1-3,6-8,11,13H,4-5,9-10,12,14H2. The Morgan fingerprint density at radius 3 is 2.65 bits per heavy atom. The van der Waals surface area contributed by atoms with Gasteiger partial charge in [0.15, 0.2) is 0 Å². The highest BCUT2D eigenvalue weighted by Gasteiger charge is 2.14. The Morgan fingerprint density at radius 1 is 1.00 bits per heavy atom. The van der Waals surface area contributed by atoms with E-state index in [0.717, 1.165) is 23.8 Å². The SMILES string of the molecule is c1ccc(-n2ccnc2Cn2cc(CN3CCCC3)nn2)cc1. The first-order valence-electron chi connectivity index (χ1n) is 8.07. The third-order valence-electron chi connectivity index (χ3n) is 4.23. The van der Waals surface area contributed by atoms with Crippen LogP contribution in [-0.2, 0) is 13.1 Å². The van der Waals surface area contributed by atoms with Crippen LogP contribution in [0.3, 0.4) is 0 Å². The summed E-state index contributed by atoms with van der Waals surface area (Å²) in [5.41, 5.74) is 2.14. The fraction of sp³-hybridized carbons (Fsp3) is 0.353. The number of rotatable bonds is 5. The average Bonchev–Trinajstić information content (AvgIpc) is 3.32. The minimum atomic E-state index is 0.620. The van der Waals surface area contributed by atoms with Gasteiger partial charge in [-0.2, -0.15) is 0 Å². The molecule has 1 fully saturated rings. The van der Waals surface area contributed by atoms with Gasteiger partial charge in [0.1, 0.15) is 12.4 Å². The lowest BCUT2D eigenvalue weighted by Crippen LogP contribution is -2.18. The molecule has 1 aromatic carbocycles. The van der Waals surface area contributed by atoms with Crippen LogP contribution in [0, 0.1) is 0 Å². The number of benzene rings is 1. The van der Waals surface area contributed by atoms with Crippen LogP contribution in [-0.4, -0.2) is 42.5 Å². The summed E-state index contributed by atoms with van der Waals surface area (Å²) in [6, 6.07) is 10.2. The maximum Gasteiger partial charge on any atom is 0.135 e. The summed E-state index contributed by atoms with van der Waals surface area (Å²) in [4.78, 5) is 6.89. The van der Waals surface area contributed by atoms with Gasteiger partial charge in [-0.1, -0.05) is 23.4 Å². The summed E-state index contributed by atoms with van der Waals surface area (Å²) < 4.78 is 3.95. The molecule has 118 valence electrons. The number of hydrogen-bond acceptors (Lipinski definition) is 4. The number of nitrogens with zero attached hydrogens (tertiary/aromatic N) is 6. The van der Waals surface area contributed by atoms with E-state index in [1.54, 1.807) is 0 Å². The fourth-order valence-electron chi connectivity index (χ4n) is 3.08. The molecule has 6 heteroatoms. The van der Waals surface area contributed by atoms with E-state index in [1.165, 1.54) is 25.9 Å². The molecule has 0 aliphatic carbocycles. The van der Waals surface area contributed by atoms with Crippen LogP contribution in [0.15, 0.2) is 48.9 Å². The quantitative estimate of drug-likeness (QED) is 0.724. The summed E-state index contributed by atoms with van der Waals surface area (Å²) in [7, 11) is 0. The third-order valence-corrected chi connectivity index (χ3v) is 4.23. The zero-order valence-corrected chi connectivity index (χ0v) is 13.0. The molecule has 1 aliphatic heterocycles. The van der Waals surface area contributed by atoms with Crippen LogP contribution in [0.5, 0.6) is 0 Å². The van der Waals surface area contributed by atoms with E-state index in [9.17, 15) is 0 Å². The summed E-state index contributed by atoms with van der Waals surface area (Å²) >= 11 is 0. The van der Waals surface area contributed by atoms with Crippen molar-refractivity contribution < 1.29 is 0 Å². The third kappa shape index (κ3) is 3.17. The molecule has 1 aliphatic rings. The molecule has 23 heavy (non-hydrogen) atoms. The number of imidazole rings is 1. The second-order valence-electron chi connectivity index (χ2n) is 5.94. The Hall–Kier alpha value is -2.47. The predicted octanol–water partition coefficient (Wildman–Crippen LogP) is 2.11. The summed E-state index contributed by atoms with van der Waals surface area (Å²) in [6.07, 6.45) is 8.42. The zero-order valence-electron chi connectivity index (χ0n) is 13.0. The van der Waals surface area contributed by atoms with Crippen molar-refractivity contribution in [3.8, 4) is 5.69 Å². The minimum absolute atomic E-state index is 0.620. The van der Waals surface area contributed by atoms with E-state index in [0.29, 0.717) is 6.54 Å². The molecule has 4 rings (SSSR count). The monoisotopic (exact) mass is 308 g/mol. The fourth-order valence-corrected chi connectivity index (χ4v) is 3.08. The highest BCUT2D eigenvalue weighted by atomic mass is 15.4. The Labute approximate surface area is 135 Å². The molecule has 0 atom stereocenters. The molecule has 0 spiro atoms. The van der Waals surface area contributed by atoms with Gasteiger partial charge in [-0.05, 0) is 38.1 Å². The molecule has 0 unspecified atom stereocenters. The number of hydrogen-bond donors (Lipinski definition) is 0. The predicted molar refractivity (Wildman–Crippen MR) is 87.2 cm³/mol. The average molecular weight is 308 g/mol. The van der Waals surface area contributed by atoms with Crippen LogP contribution in [0.25, 0.3) is 5.69 Å². The first-order valence-corrected chi connectivity index (χ1v) is 8.07. The van der Waals surface area contributed by atoms with Gasteiger partial charge >= 0.3 is 0 Å². The number of likely N-dealkylation sites (tertiary alicyclic amines) is 1. The van der Waals surface area contributed by atoms with Crippen LogP contribution in [0.2, 0.25) is 0 Å². The molecule has 3 aromatic rings. The van der Waals surface area contributed by atoms with Crippen molar-refractivity contribution in [3.05, 3.63) is 60.4 Å². The van der Waals surface area contributed by atoms with Gasteiger partial charge < -0.3 is 4.57 Å². The van der Waals surface area contributed by atoms with Crippen molar-refractivity contribution in [2.45, 2.75) is 25.9 Å². The number of para-hydroxylation sites is 1. The zero-order chi connectivity index (χ0) is 15.5. The van der Waals surface area contributed by atoms with Gasteiger partial charge in [0, 0.05) is 24.6 Å². The van der Waals surface area contributed by atoms with Crippen molar-refractivity contribution in [3.63, 3.8) is 0 Å². The van der Waals surface area contributed by atoms with Crippen LogP contribution in [0.1, 0.15) is 24.4 Å². The second-order valence-corrected chi connectivity index (χ2v) is 5.94. The molecule has 3 heterocycles. The van der Waals surface area contributed by atoms with E-state index in [4.69, 9.17) is 0 Å². The maximum absolute atomic E-state index is 4.46. The first kappa shape index (κ1) is 14.1. The molecule has 6 nitrogen and oxygen atoms in total. The lowest BCUT2D eigenvalue weighted by Gasteiger charge is -2.11. The Kier molecular flexibility index (Phi) is 3.90. The number of aromatic nitrogens is 5. The summed E-state index contributed by atoms with van der Waals surface area (Å²) in [6.45, 7) is 3.86. The van der Waals surface area contributed by atoms with Gasteiger partial charge in [0.2, 0.25) is 0 Å². The minimum Gasteiger partial charge on any atom is -0.302 e. The molecule has 0 amide bonds. The van der Waals surface area contributed by atoms with Crippen LogP contribution >= 0.6 is 0 Å². The van der Waals surface area contributed by atoms with Crippen molar-refractivity contribution in [1.82, 2.24) is 29.4 Å². The Bertz CT molecular complexity index is 754. The van der Waals surface area contributed by atoms with Gasteiger partial charge in [-0.3, -0.25) is 4.90 Å². The normalized spacial score (nSPS) is 15.3. The van der Waals surface area contributed by atoms with Gasteiger partial charge in [0.25, 0.3) is 0 Å². The van der Waals surface area contributed by atoms with Gasteiger partial charge in [-0.25, -0.2) is 9.67 Å². The van der Waals surface area contributed by atoms with Crippen LogP contribution in [0.4, 0.5) is 0 Å². The maximum atomic E-state index is 4.46. The van der Waals surface area contributed by atoms with Crippen LogP contribution < -0.4 is 0 Å². The molecule has 1 saturated heterocycles. The van der Waals surface area contributed by atoms with E-state index >= 15 is 0 Å². The topological polar surface area (TPSA) is 51.8 Å². The highest BCUT2D eigenvalue weighted by molar-refractivity contribution is 5.32. The smallest absolute Gasteiger partial charge is 0.135 e. The molecular formula is C17H20N6. The first-order chi connectivity index (χ1) is 11.4. The molecule has 2 aromatic heterocycles.